The second-order valence-corrected chi connectivity index (χ2v) is 6.02. The fraction of sp³-hybridized carbons (Fsp3) is 1.00. The molecule has 0 spiro atoms. The van der Waals surface area contributed by atoms with Crippen LogP contribution in [0.2, 0.25) is 0 Å². The standard InChI is InChI=1S/2C4H10N.Ti/c2*1-4(2)5-3;/h2*4H,1-3H3;/q2*-1;+2. The predicted octanol–water partition coefficient (Wildman–Crippen LogP) is 1.58. The Kier molecular flexibility index (Phi) is 5.62. The van der Waals surface area contributed by atoms with Crippen molar-refractivity contribution in [3.8, 4) is 0 Å². The van der Waals surface area contributed by atoms with Gasteiger partial charge in [0.25, 0.3) is 0 Å². The summed E-state index contributed by atoms with van der Waals surface area (Å²) in [5.41, 5.74) is 0. The van der Waals surface area contributed by atoms with E-state index >= 15 is 0 Å². The first-order valence-corrected chi connectivity index (χ1v) is 5.56. The summed E-state index contributed by atoms with van der Waals surface area (Å²) in [6.45, 7) is 8.99. The molecule has 0 atom stereocenters. The van der Waals surface area contributed by atoms with Gasteiger partial charge in [-0.15, -0.1) is 0 Å². The molecule has 0 aliphatic heterocycles. The van der Waals surface area contributed by atoms with Crippen LogP contribution in [0.3, 0.4) is 0 Å². The fourth-order valence-corrected chi connectivity index (χ4v) is 1.98. The van der Waals surface area contributed by atoms with Crippen molar-refractivity contribution < 1.29 is 19.7 Å². The van der Waals surface area contributed by atoms with Crippen LogP contribution in [-0.4, -0.2) is 32.9 Å². The molecule has 0 N–H and O–H groups in total. The molecule has 0 unspecified atom stereocenters. The van der Waals surface area contributed by atoms with Gasteiger partial charge >= 0.3 is 80.3 Å². The zero-order valence-corrected chi connectivity index (χ0v) is 10.1. The van der Waals surface area contributed by atoms with Crippen LogP contribution in [0, 0.1) is 0 Å². The Morgan fingerprint density at radius 2 is 1.09 bits per heavy atom. The Morgan fingerprint density at radius 1 is 0.818 bits per heavy atom. The predicted molar refractivity (Wildman–Crippen MR) is 45.8 cm³/mol. The molecule has 0 radical (unpaired) electrons. The van der Waals surface area contributed by atoms with Crippen molar-refractivity contribution in [1.82, 2.24) is 6.76 Å². The second kappa shape index (κ2) is 5.31. The first kappa shape index (κ1) is 11.6. The third-order valence-electron chi connectivity index (χ3n) is 1.86. The van der Waals surface area contributed by atoms with E-state index in [4.69, 9.17) is 0 Å². The summed E-state index contributed by atoms with van der Waals surface area (Å²) in [5.74, 6) is 0. The van der Waals surface area contributed by atoms with E-state index in [9.17, 15) is 0 Å². The van der Waals surface area contributed by atoms with Crippen molar-refractivity contribution in [2.45, 2.75) is 39.8 Å². The molecule has 0 rings (SSSR count). The third-order valence-corrected chi connectivity index (χ3v) is 4.46. The molecule has 0 saturated carbocycles. The summed E-state index contributed by atoms with van der Waals surface area (Å²) in [4.78, 5) is 0. The normalized spacial score (nSPS) is 12.2. The number of rotatable bonds is 4. The van der Waals surface area contributed by atoms with Gasteiger partial charge in [-0.25, -0.2) is 0 Å². The van der Waals surface area contributed by atoms with Gasteiger partial charge in [-0.3, -0.25) is 0 Å². The van der Waals surface area contributed by atoms with Gasteiger partial charge in [0.05, 0.1) is 0 Å². The van der Waals surface area contributed by atoms with Crippen LogP contribution >= 0.6 is 0 Å². The molecule has 0 amide bonds. The zero-order valence-electron chi connectivity index (χ0n) is 8.55. The van der Waals surface area contributed by atoms with Gasteiger partial charge < -0.3 is 0 Å². The maximum absolute atomic E-state index is 2.46. The molecule has 3 heteroatoms. The first-order chi connectivity index (χ1) is 4.95. The minimum absolute atomic E-state index is 0.0463. The van der Waals surface area contributed by atoms with E-state index in [2.05, 4.69) is 48.6 Å². The van der Waals surface area contributed by atoms with E-state index < -0.39 is 0 Å². The molecule has 0 bridgehead atoms. The molecule has 0 aliphatic rings. The van der Waals surface area contributed by atoms with Crippen molar-refractivity contribution in [2.24, 2.45) is 0 Å². The van der Waals surface area contributed by atoms with Gasteiger partial charge in [-0.1, -0.05) is 0 Å². The zero-order chi connectivity index (χ0) is 9.02. The van der Waals surface area contributed by atoms with Crippen molar-refractivity contribution in [1.29, 1.82) is 0 Å². The van der Waals surface area contributed by atoms with Crippen LogP contribution in [0.5, 0.6) is 0 Å². The Labute approximate surface area is 80.5 Å². The van der Waals surface area contributed by atoms with Gasteiger partial charge in [0.2, 0.25) is 0 Å². The summed E-state index contributed by atoms with van der Waals surface area (Å²) < 4.78 is 4.92. The average molecular weight is 192 g/mol. The molecular formula is C8H20N2Ti. The number of hydrogen-bond acceptors (Lipinski definition) is 2. The summed E-state index contributed by atoms with van der Waals surface area (Å²) in [5, 5.41) is 0. The molecule has 66 valence electrons. The van der Waals surface area contributed by atoms with Crippen LogP contribution in [0.1, 0.15) is 27.7 Å². The molecule has 0 aromatic carbocycles. The van der Waals surface area contributed by atoms with Crippen molar-refractivity contribution in [2.75, 3.05) is 14.1 Å². The molecule has 0 heterocycles. The summed E-state index contributed by atoms with van der Waals surface area (Å²) in [7, 11) is 4.42. The van der Waals surface area contributed by atoms with E-state index in [1.165, 1.54) is 0 Å². The molecule has 2 nitrogen and oxygen atoms in total. The molecule has 0 aromatic heterocycles. The summed E-state index contributed by atoms with van der Waals surface area (Å²) in [6, 6.07) is 1.38. The van der Waals surface area contributed by atoms with Gasteiger partial charge in [-0.2, -0.15) is 0 Å². The number of nitrogens with zero attached hydrogens (tertiary/aromatic N) is 2. The fourth-order valence-electron chi connectivity index (χ4n) is 0.480. The van der Waals surface area contributed by atoms with Gasteiger partial charge in [-0.05, 0) is 0 Å². The van der Waals surface area contributed by atoms with Gasteiger partial charge in [0.1, 0.15) is 0 Å². The van der Waals surface area contributed by atoms with Crippen LogP contribution in [0.25, 0.3) is 0 Å². The van der Waals surface area contributed by atoms with Crippen LogP contribution in [-0.2, 0) is 19.7 Å². The van der Waals surface area contributed by atoms with Gasteiger partial charge in [0, 0.05) is 0 Å². The molecular weight excluding hydrogens is 172 g/mol. The van der Waals surface area contributed by atoms with Gasteiger partial charge in [0.15, 0.2) is 0 Å². The molecule has 0 saturated heterocycles. The Balaban J connectivity index is 3.66. The Morgan fingerprint density at radius 3 is 1.27 bits per heavy atom. The first-order valence-electron chi connectivity index (χ1n) is 4.17. The minimum atomic E-state index is -0.0463. The monoisotopic (exact) mass is 192 g/mol. The Bertz CT molecular complexity index is 92.3. The van der Waals surface area contributed by atoms with E-state index in [0.717, 1.165) is 0 Å². The molecule has 0 fully saturated rings. The molecule has 0 aliphatic carbocycles. The van der Waals surface area contributed by atoms with Crippen LogP contribution in [0.4, 0.5) is 0 Å². The van der Waals surface area contributed by atoms with Crippen molar-refractivity contribution in [3.05, 3.63) is 0 Å². The van der Waals surface area contributed by atoms with E-state index in [0.29, 0.717) is 12.1 Å². The summed E-state index contributed by atoms with van der Waals surface area (Å²) in [6.07, 6.45) is 0. The summed E-state index contributed by atoms with van der Waals surface area (Å²) >= 11 is -0.0463. The topological polar surface area (TPSA) is 6.48 Å². The quantitative estimate of drug-likeness (QED) is 0.624. The molecule has 0 aromatic rings. The van der Waals surface area contributed by atoms with Crippen molar-refractivity contribution >= 4 is 0 Å². The van der Waals surface area contributed by atoms with E-state index in [1.807, 2.05) is 0 Å². The van der Waals surface area contributed by atoms with Crippen LogP contribution in [0.15, 0.2) is 0 Å². The van der Waals surface area contributed by atoms with E-state index in [1.54, 1.807) is 0 Å². The van der Waals surface area contributed by atoms with Crippen LogP contribution < -0.4 is 0 Å². The second-order valence-electron chi connectivity index (χ2n) is 3.51. The average Bonchev–Trinajstić information content (AvgIpc) is 1.87. The van der Waals surface area contributed by atoms with E-state index in [-0.39, 0.29) is 19.7 Å². The third kappa shape index (κ3) is 4.97. The maximum atomic E-state index is 2.46. The number of hydrogen-bond donors (Lipinski definition) is 0. The van der Waals surface area contributed by atoms with Crippen molar-refractivity contribution in [3.63, 3.8) is 0 Å². The Hall–Kier alpha value is 0.634. The SMILES string of the molecule is CC(C)[N](C)[Ti][N](C)C(C)C. The molecule has 11 heavy (non-hydrogen) atoms.